The van der Waals surface area contributed by atoms with Crippen LogP contribution in [0.1, 0.15) is 44.2 Å². The topological polar surface area (TPSA) is 12.0 Å². The molecule has 1 N–H and O–H groups in total. The molecule has 2 saturated carbocycles. The molecule has 3 rings (SSSR count). The average molecular weight is 361 g/mol. The van der Waals surface area contributed by atoms with Crippen molar-refractivity contribution < 1.29 is 4.39 Å². The fraction of sp³-hybridized carbons (Fsp3) is 0.625. The molecule has 1 nitrogen and oxygen atoms in total. The number of hydrogen-bond donors (Lipinski definition) is 1. The lowest BCUT2D eigenvalue weighted by molar-refractivity contribution is 0.436. The van der Waals surface area contributed by atoms with E-state index in [1.54, 1.807) is 0 Å². The van der Waals surface area contributed by atoms with Gasteiger partial charge in [-0.05, 0) is 59.1 Å². The Kier molecular flexibility index (Phi) is 4.40. The summed E-state index contributed by atoms with van der Waals surface area (Å²) < 4.78 is 15.1. The SMILES string of the molecule is CCNC(c1ccc(Br)c(Cl)c1F)C1C2CCCCC21. The summed E-state index contributed by atoms with van der Waals surface area (Å²) >= 11 is 9.35. The van der Waals surface area contributed by atoms with Gasteiger partial charge in [0.25, 0.3) is 0 Å². The van der Waals surface area contributed by atoms with Gasteiger partial charge in [-0.25, -0.2) is 4.39 Å². The fourth-order valence-electron chi connectivity index (χ4n) is 4.00. The first-order valence-corrected chi connectivity index (χ1v) is 8.69. The van der Waals surface area contributed by atoms with Crippen molar-refractivity contribution in [2.45, 2.75) is 38.6 Å². The van der Waals surface area contributed by atoms with E-state index in [9.17, 15) is 4.39 Å². The molecule has 2 fully saturated rings. The number of hydrogen-bond acceptors (Lipinski definition) is 1. The van der Waals surface area contributed by atoms with E-state index in [1.165, 1.54) is 25.7 Å². The molecular formula is C16H20BrClFN. The molecule has 4 heteroatoms. The standard InChI is InChI=1S/C16H20BrClFN/c1-2-20-16(13-9-5-3-4-6-10(9)13)11-7-8-12(17)14(18)15(11)19/h7-10,13,16,20H,2-6H2,1H3. The molecule has 0 aliphatic heterocycles. The van der Waals surface area contributed by atoms with Crippen molar-refractivity contribution in [1.29, 1.82) is 0 Å². The second kappa shape index (κ2) is 5.94. The highest BCUT2D eigenvalue weighted by Gasteiger charge is 2.54. The smallest absolute Gasteiger partial charge is 0.147 e. The lowest BCUT2D eigenvalue weighted by Gasteiger charge is -2.20. The summed E-state index contributed by atoms with van der Waals surface area (Å²) in [4.78, 5) is 0. The zero-order chi connectivity index (χ0) is 14.3. The van der Waals surface area contributed by atoms with Gasteiger partial charge in [-0.1, -0.05) is 37.4 Å². The molecule has 0 heterocycles. The Morgan fingerprint density at radius 1 is 1.35 bits per heavy atom. The van der Waals surface area contributed by atoms with Gasteiger partial charge in [-0.2, -0.15) is 0 Å². The maximum atomic E-state index is 14.5. The number of halogens is 3. The predicted octanol–water partition coefficient (Wildman–Crippen LogP) is 5.33. The molecule has 0 radical (unpaired) electrons. The maximum absolute atomic E-state index is 14.5. The normalized spacial score (nSPS) is 29.9. The summed E-state index contributed by atoms with van der Waals surface area (Å²) in [5.74, 6) is 1.89. The number of rotatable bonds is 4. The van der Waals surface area contributed by atoms with Crippen LogP contribution in [0.3, 0.4) is 0 Å². The van der Waals surface area contributed by atoms with Gasteiger partial charge in [0.1, 0.15) is 5.82 Å². The van der Waals surface area contributed by atoms with E-state index >= 15 is 0 Å². The Bertz CT molecular complexity index is 495. The highest BCUT2D eigenvalue weighted by Crippen LogP contribution is 2.60. The zero-order valence-corrected chi connectivity index (χ0v) is 14.0. The molecule has 2 aliphatic rings. The molecule has 1 aromatic rings. The minimum Gasteiger partial charge on any atom is -0.310 e. The molecule has 2 aliphatic carbocycles. The van der Waals surface area contributed by atoms with Crippen molar-refractivity contribution in [3.05, 3.63) is 33.0 Å². The number of nitrogens with one attached hydrogen (secondary N) is 1. The minimum atomic E-state index is -0.268. The second-order valence-electron chi connectivity index (χ2n) is 5.99. The van der Waals surface area contributed by atoms with Gasteiger partial charge in [0, 0.05) is 16.1 Å². The fourth-order valence-corrected chi connectivity index (χ4v) is 4.47. The molecule has 0 bridgehead atoms. The van der Waals surface area contributed by atoms with E-state index in [-0.39, 0.29) is 16.9 Å². The van der Waals surface area contributed by atoms with Crippen LogP contribution in [0.5, 0.6) is 0 Å². The highest BCUT2D eigenvalue weighted by atomic mass is 79.9. The summed E-state index contributed by atoms with van der Waals surface area (Å²) in [7, 11) is 0. The maximum Gasteiger partial charge on any atom is 0.147 e. The Labute approximate surface area is 133 Å². The molecule has 110 valence electrons. The third-order valence-electron chi connectivity index (χ3n) is 4.93. The Hall–Kier alpha value is -0.120. The van der Waals surface area contributed by atoms with Crippen LogP contribution in [0.2, 0.25) is 5.02 Å². The zero-order valence-electron chi connectivity index (χ0n) is 11.6. The van der Waals surface area contributed by atoms with Crippen LogP contribution in [0.25, 0.3) is 0 Å². The largest absolute Gasteiger partial charge is 0.310 e. The van der Waals surface area contributed by atoms with Crippen molar-refractivity contribution in [1.82, 2.24) is 5.32 Å². The first-order valence-electron chi connectivity index (χ1n) is 7.52. The minimum absolute atomic E-state index is 0.110. The van der Waals surface area contributed by atoms with E-state index in [2.05, 4.69) is 28.2 Å². The summed E-state index contributed by atoms with van der Waals surface area (Å²) in [6, 6.07) is 3.85. The average Bonchev–Trinajstić information content (AvgIpc) is 3.17. The van der Waals surface area contributed by atoms with Gasteiger partial charge in [0.05, 0.1) is 5.02 Å². The number of benzene rings is 1. The second-order valence-corrected chi connectivity index (χ2v) is 7.22. The van der Waals surface area contributed by atoms with Crippen molar-refractivity contribution in [2.24, 2.45) is 17.8 Å². The molecule has 0 aromatic heterocycles. The van der Waals surface area contributed by atoms with Crippen molar-refractivity contribution >= 4 is 27.5 Å². The summed E-state index contributed by atoms with van der Waals surface area (Å²) in [6.07, 6.45) is 5.28. The van der Waals surface area contributed by atoms with Crippen molar-refractivity contribution in [3.63, 3.8) is 0 Å². The van der Waals surface area contributed by atoms with E-state index < -0.39 is 0 Å². The monoisotopic (exact) mass is 359 g/mol. The van der Waals surface area contributed by atoms with Gasteiger partial charge in [0.15, 0.2) is 0 Å². The summed E-state index contributed by atoms with van der Waals surface area (Å²) in [5.41, 5.74) is 0.736. The van der Waals surface area contributed by atoms with Crippen LogP contribution < -0.4 is 5.32 Å². The van der Waals surface area contributed by atoms with Crippen LogP contribution in [0, 0.1) is 23.6 Å². The molecule has 0 saturated heterocycles. The van der Waals surface area contributed by atoms with Gasteiger partial charge in [-0.3, -0.25) is 0 Å². The third-order valence-corrected chi connectivity index (χ3v) is 6.19. The van der Waals surface area contributed by atoms with Crippen LogP contribution >= 0.6 is 27.5 Å². The van der Waals surface area contributed by atoms with E-state index in [0.717, 1.165) is 23.9 Å². The third kappa shape index (κ3) is 2.53. The molecule has 1 aromatic carbocycles. The first-order chi connectivity index (χ1) is 9.65. The molecule has 0 amide bonds. The molecule has 0 spiro atoms. The molecule has 3 unspecified atom stereocenters. The van der Waals surface area contributed by atoms with Gasteiger partial charge < -0.3 is 5.32 Å². The van der Waals surface area contributed by atoms with Crippen molar-refractivity contribution in [2.75, 3.05) is 6.54 Å². The number of fused-ring (bicyclic) bond motifs is 1. The van der Waals surface area contributed by atoms with Gasteiger partial charge >= 0.3 is 0 Å². The van der Waals surface area contributed by atoms with E-state index in [4.69, 9.17) is 11.6 Å². The van der Waals surface area contributed by atoms with Crippen LogP contribution in [-0.4, -0.2) is 6.54 Å². The highest BCUT2D eigenvalue weighted by molar-refractivity contribution is 9.10. The Balaban J connectivity index is 1.90. The Morgan fingerprint density at radius 2 is 2.00 bits per heavy atom. The lowest BCUT2D eigenvalue weighted by atomic mass is 9.99. The predicted molar refractivity (Wildman–Crippen MR) is 84.5 cm³/mol. The van der Waals surface area contributed by atoms with Crippen LogP contribution in [-0.2, 0) is 0 Å². The summed E-state index contributed by atoms with van der Waals surface area (Å²) in [6.45, 7) is 2.94. The Morgan fingerprint density at radius 3 is 2.60 bits per heavy atom. The quantitative estimate of drug-likeness (QED) is 0.716. The van der Waals surface area contributed by atoms with E-state index in [0.29, 0.717) is 10.4 Å². The van der Waals surface area contributed by atoms with Gasteiger partial charge in [-0.15, -0.1) is 0 Å². The first kappa shape index (κ1) is 14.8. The van der Waals surface area contributed by atoms with Crippen molar-refractivity contribution in [3.8, 4) is 0 Å². The molecule has 20 heavy (non-hydrogen) atoms. The van der Waals surface area contributed by atoms with E-state index in [1.807, 2.05) is 12.1 Å². The lowest BCUT2D eigenvalue weighted by Crippen LogP contribution is -2.25. The van der Waals surface area contributed by atoms with Crippen LogP contribution in [0.15, 0.2) is 16.6 Å². The summed E-state index contributed by atoms with van der Waals surface area (Å²) in [5, 5.41) is 3.69. The molecular weight excluding hydrogens is 341 g/mol. The van der Waals surface area contributed by atoms with Crippen LogP contribution in [0.4, 0.5) is 4.39 Å². The molecule has 3 atom stereocenters. The van der Waals surface area contributed by atoms with Gasteiger partial charge in [0.2, 0.25) is 0 Å².